The molecule has 0 spiro atoms. The predicted octanol–water partition coefficient (Wildman–Crippen LogP) is -1.25. The molecular formula is C4H4ClN7O8. The van der Waals surface area contributed by atoms with Crippen LogP contribution in [0.1, 0.15) is 0 Å². The third kappa shape index (κ3) is 2.32. The van der Waals surface area contributed by atoms with Crippen LogP contribution >= 0.6 is 11.6 Å². The smallest absolute Gasteiger partial charge is 0.257 e. The van der Waals surface area contributed by atoms with E-state index in [9.17, 15) is 40.5 Å². The van der Waals surface area contributed by atoms with E-state index < -0.39 is 44.2 Å². The van der Waals surface area contributed by atoms with Crippen molar-refractivity contribution in [3.8, 4) is 0 Å². The molecule has 0 saturated carbocycles. The number of halogens is 1. The molecule has 1 heterocycles. The highest BCUT2D eigenvalue weighted by atomic mass is 35.5. The maximum Gasteiger partial charge on any atom is 0.601 e. The van der Waals surface area contributed by atoms with Crippen LogP contribution in [0.3, 0.4) is 0 Å². The standard InChI is InChI=1S/C4H4ClN7O8/c5-4(9(13)14,10(15)16)3-6-1-7(11(17)18)2-8(3)12(19)20/h1-2H2. The second kappa shape index (κ2) is 5.03. The monoisotopic (exact) mass is 313 g/mol. The van der Waals surface area contributed by atoms with E-state index in [1.165, 1.54) is 0 Å². The van der Waals surface area contributed by atoms with E-state index >= 15 is 0 Å². The van der Waals surface area contributed by atoms with E-state index in [0.29, 0.717) is 0 Å². The van der Waals surface area contributed by atoms with Crippen molar-refractivity contribution < 1.29 is 19.9 Å². The van der Waals surface area contributed by atoms with Gasteiger partial charge in [0.1, 0.15) is 9.85 Å². The largest absolute Gasteiger partial charge is 0.601 e. The Morgan fingerprint density at radius 2 is 1.55 bits per heavy atom. The number of nitro groups is 4. The molecule has 15 nitrogen and oxygen atoms in total. The van der Waals surface area contributed by atoms with Crippen LogP contribution in [-0.2, 0) is 0 Å². The van der Waals surface area contributed by atoms with E-state index in [0.717, 1.165) is 0 Å². The Morgan fingerprint density at radius 3 is 1.90 bits per heavy atom. The molecule has 1 aliphatic rings. The summed E-state index contributed by atoms with van der Waals surface area (Å²) < 4.78 is 0. The lowest BCUT2D eigenvalue weighted by Crippen LogP contribution is -2.61. The van der Waals surface area contributed by atoms with Gasteiger partial charge in [0.05, 0.1) is 11.6 Å². The fraction of sp³-hybridized carbons (Fsp3) is 0.750. The molecule has 0 fully saturated rings. The average molecular weight is 314 g/mol. The van der Waals surface area contributed by atoms with Crippen molar-refractivity contribution in [1.82, 2.24) is 10.0 Å². The third-order valence-electron chi connectivity index (χ3n) is 2.12. The van der Waals surface area contributed by atoms with Crippen LogP contribution < -0.4 is 0 Å². The van der Waals surface area contributed by atoms with Crippen LogP contribution in [0, 0.1) is 40.5 Å². The zero-order chi connectivity index (χ0) is 15.7. The van der Waals surface area contributed by atoms with Gasteiger partial charge in [0.25, 0.3) is 0 Å². The van der Waals surface area contributed by atoms with Crippen LogP contribution in [-0.4, -0.2) is 54.2 Å². The van der Waals surface area contributed by atoms with E-state index in [2.05, 4.69) is 4.99 Å². The molecule has 0 aromatic rings. The highest BCUT2D eigenvalue weighted by Gasteiger charge is 2.67. The van der Waals surface area contributed by atoms with Gasteiger partial charge in [-0.25, -0.2) is 25.2 Å². The van der Waals surface area contributed by atoms with E-state index in [-0.39, 0.29) is 10.0 Å². The van der Waals surface area contributed by atoms with Gasteiger partial charge in [-0.1, -0.05) is 5.01 Å². The molecule has 0 aromatic heterocycles. The fourth-order valence-electron chi connectivity index (χ4n) is 1.22. The minimum Gasteiger partial charge on any atom is -0.257 e. The number of hydrogen-bond acceptors (Lipinski definition) is 9. The van der Waals surface area contributed by atoms with Crippen LogP contribution in [0.25, 0.3) is 0 Å². The Bertz CT molecular complexity index is 505. The first kappa shape index (κ1) is 15.2. The maximum atomic E-state index is 10.7. The molecule has 0 N–H and O–H groups in total. The third-order valence-corrected chi connectivity index (χ3v) is 2.57. The van der Waals surface area contributed by atoms with Crippen molar-refractivity contribution in [3.05, 3.63) is 40.5 Å². The van der Waals surface area contributed by atoms with E-state index in [1.54, 1.807) is 0 Å². The normalized spacial score (nSPS) is 15.6. The number of hydrogen-bond donors (Lipinski definition) is 0. The van der Waals surface area contributed by atoms with Crippen LogP contribution in [0.2, 0.25) is 0 Å². The van der Waals surface area contributed by atoms with Gasteiger partial charge in [-0.15, -0.1) is 0 Å². The number of alkyl halides is 1. The minimum atomic E-state index is -3.60. The maximum absolute atomic E-state index is 10.7. The number of amidine groups is 1. The summed E-state index contributed by atoms with van der Waals surface area (Å²) in [5.41, 5.74) is 0. The summed E-state index contributed by atoms with van der Waals surface area (Å²) in [6.45, 7) is -1.95. The molecule has 0 aliphatic carbocycles. The molecule has 0 bridgehead atoms. The first-order chi connectivity index (χ1) is 9.12. The minimum absolute atomic E-state index is 0.212. The van der Waals surface area contributed by atoms with Crippen molar-refractivity contribution in [3.63, 3.8) is 0 Å². The SMILES string of the molecule is O=[N+]([O-])N1CN=C(C(Cl)([N+](=O)[O-])[N+](=O)[O-])N([N+](=O)[O-])C1. The highest BCUT2D eigenvalue weighted by Crippen LogP contribution is 2.24. The molecule has 0 atom stereocenters. The summed E-state index contributed by atoms with van der Waals surface area (Å²) in [6.07, 6.45) is 0. The Kier molecular flexibility index (Phi) is 3.83. The predicted molar refractivity (Wildman–Crippen MR) is 57.4 cm³/mol. The molecular weight excluding hydrogens is 310 g/mol. The van der Waals surface area contributed by atoms with Crippen molar-refractivity contribution >= 4 is 17.4 Å². The van der Waals surface area contributed by atoms with Gasteiger partial charge >= 0.3 is 11.0 Å². The van der Waals surface area contributed by atoms with Gasteiger partial charge in [0, 0.05) is 0 Å². The van der Waals surface area contributed by atoms with Gasteiger partial charge in [-0.3, -0.25) is 20.2 Å². The van der Waals surface area contributed by atoms with E-state index in [4.69, 9.17) is 11.6 Å². The Morgan fingerprint density at radius 1 is 1.05 bits per heavy atom. The Labute approximate surface area is 112 Å². The highest BCUT2D eigenvalue weighted by molar-refractivity contribution is 6.32. The summed E-state index contributed by atoms with van der Waals surface area (Å²) >= 11 is 5.19. The summed E-state index contributed by atoms with van der Waals surface area (Å²) in [6, 6.07) is 0. The lowest BCUT2D eigenvalue weighted by Gasteiger charge is -2.24. The van der Waals surface area contributed by atoms with Crippen molar-refractivity contribution in [1.29, 1.82) is 0 Å². The summed E-state index contributed by atoms with van der Waals surface area (Å²) in [5, 5.41) is 36.6. The molecule has 0 radical (unpaired) electrons. The molecule has 0 saturated heterocycles. The number of hydrazine groups is 2. The van der Waals surface area contributed by atoms with Gasteiger partial charge in [0.2, 0.25) is 6.67 Å². The lowest BCUT2D eigenvalue weighted by molar-refractivity contribution is -0.754. The molecule has 0 aromatic carbocycles. The second-order valence-corrected chi connectivity index (χ2v) is 3.77. The molecule has 0 unspecified atom stereocenters. The topological polar surface area (TPSA) is 191 Å². The van der Waals surface area contributed by atoms with Crippen molar-refractivity contribution in [2.24, 2.45) is 4.99 Å². The van der Waals surface area contributed by atoms with Gasteiger partial charge < -0.3 is 0 Å². The first-order valence-corrected chi connectivity index (χ1v) is 4.84. The average Bonchev–Trinajstić information content (AvgIpc) is 2.36. The number of rotatable bonds is 5. The lowest BCUT2D eigenvalue weighted by atomic mass is 10.4. The first-order valence-electron chi connectivity index (χ1n) is 4.46. The molecule has 1 rings (SSSR count). The summed E-state index contributed by atoms with van der Waals surface area (Å²) in [5.74, 6) is -1.32. The summed E-state index contributed by atoms with van der Waals surface area (Å²) in [4.78, 5) is 42.5. The Balaban J connectivity index is 3.32. The van der Waals surface area contributed by atoms with Gasteiger partial charge in [-0.05, 0) is 5.01 Å². The second-order valence-electron chi connectivity index (χ2n) is 3.25. The van der Waals surface area contributed by atoms with Crippen LogP contribution in [0.15, 0.2) is 4.99 Å². The Hall–Kier alpha value is -2.84. The molecule has 16 heteroatoms. The fourth-order valence-corrected chi connectivity index (χ4v) is 1.38. The molecule has 110 valence electrons. The quantitative estimate of drug-likeness (QED) is 0.194. The zero-order valence-electron chi connectivity index (χ0n) is 9.19. The number of aliphatic imine (C=N–C) groups is 1. The van der Waals surface area contributed by atoms with Crippen molar-refractivity contribution in [2.75, 3.05) is 13.3 Å². The van der Waals surface area contributed by atoms with Crippen LogP contribution in [0.4, 0.5) is 0 Å². The number of nitrogens with zero attached hydrogens (tertiary/aromatic N) is 7. The zero-order valence-corrected chi connectivity index (χ0v) is 9.94. The van der Waals surface area contributed by atoms with Crippen molar-refractivity contribution in [2.45, 2.75) is 5.12 Å². The molecule has 20 heavy (non-hydrogen) atoms. The van der Waals surface area contributed by atoms with Gasteiger partial charge in [0.15, 0.2) is 16.7 Å². The molecule has 0 amide bonds. The molecule has 1 aliphatic heterocycles. The van der Waals surface area contributed by atoms with E-state index in [1.807, 2.05) is 0 Å². The van der Waals surface area contributed by atoms with Gasteiger partial charge in [-0.2, -0.15) is 0 Å². The van der Waals surface area contributed by atoms with Crippen LogP contribution in [0.5, 0.6) is 0 Å². The summed E-state index contributed by atoms with van der Waals surface area (Å²) in [7, 11) is 0.